The number of aromatic nitrogens is 1. The molecule has 1 aromatic rings. The van der Waals surface area contributed by atoms with E-state index >= 15 is 0 Å². The Kier molecular flexibility index (Phi) is 4.55. The maximum atomic E-state index is 6.01. The highest BCUT2D eigenvalue weighted by Gasteiger charge is 2.19. The Bertz CT molecular complexity index is 389. The maximum Gasteiger partial charge on any atom is 0.141 e. The summed E-state index contributed by atoms with van der Waals surface area (Å²) in [7, 11) is 0. The minimum absolute atomic E-state index is 0.140. The predicted molar refractivity (Wildman–Crippen MR) is 70.8 cm³/mol. The van der Waals surface area contributed by atoms with Gasteiger partial charge in [-0.15, -0.1) is 0 Å². The molecule has 18 heavy (non-hydrogen) atoms. The fraction of sp³-hybridized carbons (Fsp3) is 0.643. The lowest BCUT2D eigenvalue weighted by molar-refractivity contribution is 0.140. The molecule has 2 unspecified atom stereocenters. The average molecular weight is 250 g/mol. The van der Waals surface area contributed by atoms with Gasteiger partial charge in [0, 0.05) is 24.6 Å². The van der Waals surface area contributed by atoms with Gasteiger partial charge >= 0.3 is 0 Å². The van der Waals surface area contributed by atoms with Crippen LogP contribution in [0.3, 0.4) is 0 Å². The highest BCUT2D eigenvalue weighted by Crippen LogP contribution is 2.22. The second-order valence-electron chi connectivity index (χ2n) is 4.87. The van der Waals surface area contributed by atoms with Crippen LogP contribution in [0.25, 0.3) is 0 Å². The first-order valence-corrected chi connectivity index (χ1v) is 6.65. The van der Waals surface area contributed by atoms with E-state index in [0.29, 0.717) is 6.61 Å². The van der Waals surface area contributed by atoms with Crippen molar-refractivity contribution in [1.82, 2.24) is 4.98 Å². The lowest BCUT2D eigenvalue weighted by atomic mass is 10.1. The second-order valence-corrected chi connectivity index (χ2v) is 4.87. The van der Waals surface area contributed by atoms with Crippen molar-refractivity contribution in [2.75, 3.05) is 13.2 Å². The van der Waals surface area contributed by atoms with Crippen molar-refractivity contribution in [2.45, 2.75) is 45.3 Å². The molecule has 0 aromatic carbocycles. The first kappa shape index (κ1) is 13.3. The Morgan fingerprint density at radius 1 is 1.56 bits per heavy atom. The van der Waals surface area contributed by atoms with E-state index in [-0.39, 0.29) is 12.1 Å². The van der Waals surface area contributed by atoms with Crippen LogP contribution in [-0.2, 0) is 11.2 Å². The number of nitrogens with two attached hydrogens (primary N) is 1. The van der Waals surface area contributed by atoms with E-state index in [9.17, 15) is 0 Å². The van der Waals surface area contributed by atoms with Crippen LogP contribution in [0.2, 0.25) is 0 Å². The molecule has 0 aliphatic carbocycles. The van der Waals surface area contributed by atoms with Gasteiger partial charge in [0.15, 0.2) is 0 Å². The lowest BCUT2D eigenvalue weighted by Gasteiger charge is -2.17. The minimum Gasteiger partial charge on any atom is -0.486 e. The molecule has 1 saturated heterocycles. The number of hydrogen-bond acceptors (Lipinski definition) is 4. The highest BCUT2D eigenvalue weighted by molar-refractivity contribution is 5.30. The molecule has 2 heterocycles. The molecule has 4 nitrogen and oxygen atoms in total. The molecule has 0 radical (unpaired) electrons. The summed E-state index contributed by atoms with van der Waals surface area (Å²) in [5.74, 6) is 0.861. The van der Waals surface area contributed by atoms with Crippen LogP contribution in [0.5, 0.6) is 5.75 Å². The van der Waals surface area contributed by atoms with Crippen LogP contribution in [-0.4, -0.2) is 30.3 Å². The van der Waals surface area contributed by atoms with Crippen LogP contribution in [0, 0.1) is 6.92 Å². The third-order valence-electron chi connectivity index (χ3n) is 3.23. The van der Waals surface area contributed by atoms with Gasteiger partial charge in [0.2, 0.25) is 0 Å². The molecule has 0 amide bonds. The van der Waals surface area contributed by atoms with Crippen molar-refractivity contribution >= 4 is 0 Å². The Labute approximate surface area is 108 Å². The Morgan fingerprint density at radius 2 is 2.39 bits per heavy atom. The molecule has 2 atom stereocenters. The normalized spacial score (nSPS) is 20.9. The van der Waals surface area contributed by atoms with Crippen LogP contribution in [0.4, 0.5) is 0 Å². The molecule has 1 aliphatic heterocycles. The zero-order valence-electron chi connectivity index (χ0n) is 11.2. The second kappa shape index (κ2) is 6.16. The molecular weight excluding hydrogens is 228 g/mol. The van der Waals surface area contributed by atoms with Crippen molar-refractivity contribution in [3.05, 3.63) is 23.5 Å². The number of rotatable bonds is 5. The Hall–Kier alpha value is -1.13. The molecular formula is C14H22N2O2. The summed E-state index contributed by atoms with van der Waals surface area (Å²) in [5.41, 5.74) is 7.98. The van der Waals surface area contributed by atoms with E-state index in [1.54, 1.807) is 0 Å². The van der Waals surface area contributed by atoms with Crippen LogP contribution < -0.4 is 10.5 Å². The van der Waals surface area contributed by atoms with E-state index in [0.717, 1.165) is 43.0 Å². The molecule has 100 valence electrons. The summed E-state index contributed by atoms with van der Waals surface area (Å²) in [5, 5.41) is 0. The van der Waals surface area contributed by atoms with E-state index < -0.39 is 0 Å². The zero-order valence-corrected chi connectivity index (χ0v) is 11.2. The van der Waals surface area contributed by atoms with Crippen molar-refractivity contribution in [1.29, 1.82) is 0 Å². The summed E-state index contributed by atoms with van der Waals surface area (Å²) in [6.45, 7) is 5.54. The summed E-state index contributed by atoms with van der Waals surface area (Å²) < 4.78 is 11.3. The molecule has 1 fully saturated rings. The van der Waals surface area contributed by atoms with Gasteiger partial charge in [-0.1, -0.05) is 6.92 Å². The van der Waals surface area contributed by atoms with Crippen LogP contribution in [0.15, 0.2) is 12.1 Å². The summed E-state index contributed by atoms with van der Waals surface area (Å²) in [6.07, 6.45) is 2.82. The zero-order chi connectivity index (χ0) is 13.0. The fourth-order valence-corrected chi connectivity index (χ4v) is 2.03. The first-order valence-electron chi connectivity index (χ1n) is 6.65. The molecule has 0 bridgehead atoms. The summed E-state index contributed by atoms with van der Waals surface area (Å²) in [6, 6.07) is 4.12. The van der Waals surface area contributed by atoms with Gasteiger partial charge in [0.25, 0.3) is 0 Å². The summed E-state index contributed by atoms with van der Waals surface area (Å²) >= 11 is 0. The molecule has 2 rings (SSSR count). The molecule has 2 N–H and O–H groups in total. The lowest BCUT2D eigenvalue weighted by Crippen LogP contribution is -2.24. The van der Waals surface area contributed by atoms with Crippen LogP contribution >= 0.6 is 0 Å². The Morgan fingerprint density at radius 3 is 3.06 bits per heavy atom. The standard InChI is InChI=1S/C14H22N2O2/c1-3-11(15)8-13-14(5-4-10(2)16-13)18-12-6-7-17-9-12/h4-5,11-12H,3,6-9,15H2,1-2H3. The van der Waals surface area contributed by atoms with Crippen molar-refractivity contribution in [3.63, 3.8) is 0 Å². The van der Waals surface area contributed by atoms with E-state index in [4.69, 9.17) is 15.2 Å². The molecule has 1 aromatic heterocycles. The quantitative estimate of drug-likeness (QED) is 0.866. The van der Waals surface area contributed by atoms with Gasteiger partial charge in [-0.3, -0.25) is 4.98 Å². The first-order chi connectivity index (χ1) is 8.69. The fourth-order valence-electron chi connectivity index (χ4n) is 2.03. The largest absolute Gasteiger partial charge is 0.486 e. The van der Waals surface area contributed by atoms with Crippen LogP contribution in [0.1, 0.15) is 31.2 Å². The van der Waals surface area contributed by atoms with E-state index in [1.807, 2.05) is 19.1 Å². The monoisotopic (exact) mass is 250 g/mol. The molecule has 0 spiro atoms. The van der Waals surface area contributed by atoms with E-state index in [2.05, 4.69) is 11.9 Å². The number of aryl methyl sites for hydroxylation is 1. The third-order valence-corrected chi connectivity index (χ3v) is 3.23. The van der Waals surface area contributed by atoms with Crippen molar-refractivity contribution in [2.24, 2.45) is 5.73 Å². The number of pyridine rings is 1. The molecule has 0 saturated carbocycles. The maximum absolute atomic E-state index is 6.01. The Balaban J connectivity index is 2.11. The van der Waals surface area contributed by atoms with Crippen molar-refractivity contribution in [3.8, 4) is 5.75 Å². The highest BCUT2D eigenvalue weighted by atomic mass is 16.5. The predicted octanol–water partition coefficient (Wildman–Crippen LogP) is 1.84. The topological polar surface area (TPSA) is 57.4 Å². The van der Waals surface area contributed by atoms with Gasteiger partial charge in [-0.05, 0) is 25.5 Å². The third kappa shape index (κ3) is 3.43. The van der Waals surface area contributed by atoms with Crippen molar-refractivity contribution < 1.29 is 9.47 Å². The molecule has 1 aliphatic rings. The minimum atomic E-state index is 0.140. The average Bonchev–Trinajstić information content (AvgIpc) is 2.85. The van der Waals surface area contributed by atoms with Gasteiger partial charge in [-0.25, -0.2) is 0 Å². The number of ether oxygens (including phenoxy) is 2. The molecule has 4 heteroatoms. The van der Waals surface area contributed by atoms with Gasteiger partial charge in [-0.2, -0.15) is 0 Å². The SMILES string of the molecule is CCC(N)Cc1nc(C)ccc1OC1CCOC1. The van der Waals surface area contributed by atoms with Gasteiger partial charge in [0.1, 0.15) is 11.9 Å². The summed E-state index contributed by atoms with van der Waals surface area (Å²) in [4.78, 5) is 4.56. The van der Waals surface area contributed by atoms with Gasteiger partial charge in [0.05, 0.1) is 18.9 Å². The number of nitrogens with zero attached hydrogens (tertiary/aromatic N) is 1. The van der Waals surface area contributed by atoms with Gasteiger partial charge < -0.3 is 15.2 Å². The number of hydrogen-bond donors (Lipinski definition) is 1. The van der Waals surface area contributed by atoms with E-state index in [1.165, 1.54) is 0 Å². The smallest absolute Gasteiger partial charge is 0.141 e.